The minimum absolute atomic E-state index is 0.0285. The molecule has 0 bridgehead atoms. The Bertz CT molecular complexity index is 3520. The van der Waals surface area contributed by atoms with Gasteiger partial charge in [0.25, 0.3) is 0 Å². The highest BCUT2D eigenvalue weighted by molar-refractivity contribution is 6.36. The van der Waals surface area contributed by atoms with E-state index in [-0.39, 0.29) is 10.8 Å². The van der Waals surface area contributed by atoms with Crippen molar-refractivity contribution >= 4 is 65.3 Å². The fourth-order valence-corrected chi connectivity index (χ4v) is 10.5. The Labute approximate surface area is 349 Å². The van der Waals surface area contributed by atoms with Gasteiger partial charge in [0.2, 0.25) is 5.95 Å². The van der Waals surface area contributed by atoms with Gasteiger partial charge >= 0.3 is 0 Å². The number of benzene rings is 8. The van der Waals surface area contributed by atoms with Crippen LogP contribution in [0.5, 0.6) is 0 Å². The molecule has 0 spiro atoms. The Morgan fingerprint density at radius 1 is 0.417 bits per heavy atom. The molecule has 0 saturated carbocycles. The Kier molecular flexibility index (Phi) is 7.41. The summed E-state index contributed by atoms with van der Waals surface area (Å²) in [5.74, 6) is 0.659. The first-order chi connectivity index (χ1) is 29.3. The van der Waals surface area contributed by atoms with Crippen LogP contribution in [0.25, 0.3) is 99.3 Å². The molecule has 0 amide bonds. The van der Waals surface area contributed by atoms with E-state index in [1.807, 2.05) is 0 Å². The van der Waals surface area contributed by atoms with Gasteiger partial charge in [0.15, 0.2) is 0 Å². The zero-order valence-electron chi connectivity index (χ0n) is 34.4. The van der Waals surface area contributed by atoms with Gasteiger partial charge in [-0.1, -0.05) is 173 Å². The molecular weight excluding hydrogens is 729 g/mol. The van der Waals surface area contributed by atoms with E-state index in [2.05, 4.69) is 207 Å². The van der Waals surface area contributed by atoms with Gasteiger partial charge in [0.1, 0.15) is 0 Å². The van der Waals surface area contributed by atoms with E-state index in [0.717, 1.165) is 51.7 Å². The second-order valence-corrected chi connectivity index (χ2v) is 18.0. The van der Waals surface area contributed by atoms with E-state index in [1.54, 1.807) is 0 Å². The lowest BCUT2D eigenvalue weighted by Gasteiger charge is -2.42. The van der Waals surface area contributed by atoms with Crippen LogP contribution < -0.4 is 0 Å². The van der Waals surface area contributed by atoms with Crippen LogP contribution in [0.3, 0.4) is 0 Å². The summed E-state index contributed by atoms with van der Waals surface area (Å²) < 4.78 is 4.97. The van der Waals surface area contributed by atoms with Gasteiger partial charge in [0.05, 0.1) is 33.3 Å². The predicted molar refractivity (Wildman–Crippen MR) is 252 cm³/mol. The second-order valence-electron chi connectivity index (χ2n) is 18.0. The van der Waals surface area contributed by atoms with Gasteiger partial charge in [-0.15, -0.1) is 0 Å². The van der Waals surface area contributed by atoms with E-state index in [1.165, 1.54) is 65.6 Å². The molecule has 0 aliphatic heterocycles. The first-order valence-electron chi connectivity index (χ1n) is 21.2. The standard InChI is InChI=1S/C56H44N4/c1-55(2)33-34-56(3,4)49-44(55)32-31-43-48-40-22-12-11-21-39(40)47-42-24-14-16-26-46(42)60(53(47)52(48)59(51(43)49)38-19-9-6-10-20-38)54-57-45-25-15-13-23-41(45)50(58-54)37-29-27-36(28-30-37)35-17-7-5-8-18-35/h5-32H,33-34H2,1-4H3. The van der Waals surface area contributed by atoms with Gasteiger partial charge in [-0.2, -0.15) is 0 Å². The molecule has 0 saturated heterocycles. The average molecular weight is 773 g/mol. The lowest BCUT2D eigenvalue weighted by atomic mass is 9.62. The van der Waals surface area contributed by atoms with E-state index < -0.39 is 0 Å². The lowest BCUT2D eigenvalue weighted by molar-refractivity contribution is 0.334. The SMILES string of the molecule is CC1(C)CCC(C)(C)c2c1ccc1c3c4ccccc4c4c5ccccc5n(-c5nc(-c6ccc(-c7ccccc7)cc6)c6ccccc6n5)c4c3n(-c3ccccc3)c21. The lowest BCUT2D eigenvalue weighted by Crippen LogP contribution is -2.34. The van der Waals surface area contributed by atoms with Crippen LogP contribution in [0.4, 0.5) is 0 Å². The van der Waals surface area contributed by atoms with Crippen LogP contribution in [-0.4, -0.2) is 19.1 Å². The number of aromatic nitrogens is 4. The molecule has 0 unspecified atom stereocenters. The van der Waals surface area contributed by atoms with Crippen molar-refractivity contribution < 1.29 is 0 Å². The topological polar surface area (TPSA) is 35.6 Å². The maximum absolute atomic E-state index is 5.61. The summed E-state index contributed by atoms with van der Waals surface area (Å²) >= 11 is 0. The Balaban J connectivity index is 1.28. The van der Waals surface area contributed by atoms with Crippen molar-refractivity contribution in [2.45, 2.75) is 51.4 Å². The molecule has 0 radical (unpaired) electrons. The number of para-hydroxylation sites is 3. The largest absolute Gasteiger partial charge is 0.307 e. The molecule has 0 atom stereocenters. The molecule has 12 rings (SSSR count). The van der Waals surface area contributed by atoms with Crippen LogP contribution in [0.1, 0.15) is 51.7 Å². The van der Waals surface area contributed by atoms with Crippen LogP contribution in [0.15, 0.2) is 170 Å². The molecule has 1 aliphatic rings. The molecule has 4 nitrogen and oxygen atoms in total. The third-order valence-electron chi connectivity index (χ3n) is 13.5. The number of hydrogen-bond donors (Lipinski definition) is 0. The average Bonchev–Trinajstić information content (AvgIpc) is 3.82. The van der Waals surface area contributed by atoms with Crippen molar-refractivity contribution in [2.75, 3.05) is 0 Å². The van der Waals surface area contributed by atoms with E-state index in [9.17, 15) is 0 Å². The minimum atomic E-state index is -0.0285. The minimum Gasteiger partial charge on any atom is -0.307 e. The van der Waals surface area contributed by atoms with Crippen molar-refractivity contribution in [3.05, 3.63) is 181 Å². The normalized spacial score (nSPS) is 14.8. The van der Waals surface area contributed by atoms with Crippen LogP contribution in [-0.2, 0) is 10.8 Å². The molecule has 8 aromatic carbocycles. The van der Waals surface area contributed by atoms with Crippen LogP contribution in [0.2, 0.25) is 0 Å². The Morgan fingerprint density at radius 3 is 1.70 bits per heavy atom. The van der Waals surface area contributed by atoms with Gasteiger partial charge in [-0.05, 0) is 81.0 Å². The maximum Gasteiger partial charge on any atom is 0.235 e. The summed E-state index contributed by atoms with van der Waals surface area (Å²) in [6, 6.07) is 61.6. The first-order valence-corrected chi connectivity index (χ1v) is 21.2. The number of rotatable bonds is 4. The highest BCUT2D eigenvalue weighted by Crippen LogP contribution is 2.53. The molecule has 11 aromatic rings. The Morgan fingerprint density at radius 2 is 0.967 bits per heavy atom. The molecule has 3 aromatic heterocycles. The molecule has 0 N–H and O–H groups in total. The Hall–Kier alpha value is -7.04. The van der Waals surface area contributed by atoms with E-state index >= 15 is 0 Å². The van der Waals surface area contributed by atoms with Gasteiger partial charge in [-0.3, -0.25) is 4.57 Å². The number of nitrogens with zero attached hydrogens (tertiary/aromatic N) is 4. The smallest absolute Gasteiger partial charge is 0.235 e. The molecular formula is C56H44N4. The molecule has 0 fully saturated rings. The molecule has 288 valence electrons. The summed E-state index contributed by atoms with van der Waals surface area (Å²) in [7, 11) is 0. The third-order valence-corrected chi connectivity index (χ3v) is 13.5. The van der Waals surface area contributed by atoms with Crippen molar-refractivity contribution in [1.82, 2.24) is 19.1 Å². The van der Waals surface area contributed by atoms with Crippen molar-refractivity contribution in [3.63, 3.8) is 0 Å². The molecule has 60 heavy (non-hydrogen) atoms. The summed E-state index contributed by atoms with van der Waals surface area (Å²) in [6.45, 7) is 9.76. The van der Waals surface area contributed by atoms with Gasteiger partial charge in [-0.25, -0.2) is 9.97 Å². The van der Waals surface area contributed by atoms with Crippen LogP contribution >= 0.6 is 0 Å². The monoisotopic (exact) mass is 772 g/mol. The van der Waals surface area contributed by atoms with Gasteiger partial charge in [0, 0.05) is 38.2 Å². The fraction of sp³-hybridized carbons (Fsp3) is 0.143. The summed E-state index contributed by atoms with van der Waals surface area (Å²) in [4.78, 5) is 11.1. The summed E-state index contributed by atoms with van der Waals surface area (Å²) in [5, 5.41) is 8.47. The molecule has 4 heteroatoms. The number of fused-ring (bicyclic) bond motifs is 13. The van der Waals surface area contributed by atoms with E-state index in [4.69, 9.17) is 9.97 Å². The fourth-order valence-electron chi connectivity index (χ4n) is 10.5. The summed E-state index contributed by atoms with van der Waals surface area (Å²) in [6.07, 6.45) is 2.28. The van der Waals surface area contributed by atoms with Crippen molar-refractivity contribution in [1.29, 1.82) is 0 Å². The summed E-state index contributed by atoms with van der Waals surface area (Å²) in [5.41, 5.74) is 14.0. The van der Waals surface area contributed by atoms with Crippen molar-refractivity contribution in [3.8, 4) is 34.0 Å². The van der Waals surface area contributed by atoms with E-state index in [0.29, 0.717) is 5.95 Å². The van der Waals surface area contributed by atoms with Gasteiger partial charge < -0.3 is 4.57 Å². The van der Waals surface area contributed by atoms with Crippen molar-refractivity contribution in [2.24, 2.45) is 0 Å². The predicted octanol–water partition coefficient (Wildman–Crippen LogP) is 14.7. The molecule has 1 aliphatic carbocycles. The molecule has 3 heterocycles. The first kappa shape index (κ1) is 35.0. The zero-order chi connectivity index (χ0) is 40.3. The maximum atomic E-state index is 5.61. The zero-order valence-corrected chi connectivity index (χ0v) is 34.4. The quantitative estimate of drug-likeness (QED) is 0.179. The third kappa shape index (κ3) is 4.97. The number of hydrogen-bond acceptors (Lipinski definition) is 2. The highest BCUT2D eigenvalue weighted by atomic mass is 15.2. The highest BCUT2D eigenvalue weighted by Gasteiger charge is 2.40. The second kappa shape index (κ2) is 12.7. The van der Waals surface area contributed by atoms with Crippen LogP contribution in [0, 0.1) is 0 Å².